The highest BCUT2D eigenvalue weighted by Gasteiger charge is 2.31. The first-order chi connectivity index (χ1) is 15.6. The van der Waals surface area contributed by atoms with Gasteiger partial charge >= 0.3 is 0 Å². The number of aromatic nitrogens is 3. The van der Waals surface area contributed by atoms with E-state index in [1.807, 2.05) is 4.90 Å². The zero-order chi connectivity index (χ0) is 22.1. The van der Waals surface area contributed by atoms with Gasteiger partial charge in [0.15, 0.2) is 0 Å². The van der Waals surface area contributed by atoms with E-state index in [4.69, 9.17) is 4.98 Å². The van der Waals surface area contributed by atoms with Crippen LogP contribution in [-0.2, 0) is 13.0 Å². The lowest BCUT2D eigenvalue weighted by molar-refractivity contribution is 0.0703. The van der Waals surface area contributed by atoms with Crippen molar-refractivity contribution in [1.29, 1.82) is 0 Å². The Morgan fingerprint density at radius 1 is 1.16 bits per heavy atom. The second-order valence-corrected chi connectivity index (χ2v) is 9.84. The van der Waals surface area contributed by atoms with Crippen molar-refractivity contribution in [2.45, 2.75) is 70.4 Å². The predicted octanol–water partition coefficient (Wildman–Crippen LogP) is 3.12. The summed E-state index contributed by atoms with van der Waals surface area (Å²) in [6.07, 6.45) is 11.0. The number of fused-ring (bicyclic) bond motifs is 1. The lowest BCUT2D eigenvalue weighted by Crippen LogP contribution is -2.44. The SMILES string of the molecule is CC1CCC(N2CCc3nc(C4CCCN(C(=O)c5cccnc5)C4)[nH]c(=O)c3C2)CC1. The van der Waals surface area contributed by atoms with Crippen LogP contribution in [-0.4, -0.2) is 56.3 Å². The largest absolute Gasteiger partial charge is 0.338 e. The van der Waals surface area contributed by atoms with Crippen LogP contribution in [0.5, 0.6) is 0 Å². The fourth-order valence-electron chi connectivity index (χ4n) is 5.63. The number of hydrogen-bond donors (Lipinski definition) is 1. The van der Waals surface area contributed by atoms with Gasteiger partial charge in [-0.1, -0.05) is 6.92 Å². The number of hydrogen-bond acceptors (Lipinski definition) is 5. The summed E-state index contributed by atoms with van der Waals surface area (Å²) < 4.78 is 0. The second kappa shape index (κ2) is 9.14. The quantitative estimate of drug-likeness (QED) is 0.801. The van der Waals surface area contributed by atoms with Crippen LogP contribution in [0.2, 0.25) is 0 Å². The number of amides is 1. The number of piperidine rings is 1. The van der Waals surface area contributed by atoms with E-state index in [0.717, 1.165) is 55.4 Å². The van der Waals surface area contributed by atoms with E-state index < -0.39 is 0 Å². The predicted molar refractivity (Wildman–Crippen MR) is 123 cm³/mol. The minimum Gasteiger partial charge on any atom is -0.338 e. The van der Waals surface area contributed by atoms with Gasteiger partial charge in [-0.2, -0.15) is 0 Å². The van der Waals surface area contributed by atoms with Crippen molar-refractivity contribution in [2.24, 2.45) is 5.92 Å². The highest BCUT2D eigenvalue weighted by molar-refractivity contribution is 5.93. The van der Waals surface area contributed by atoms with E-state index in [1.165, 1.54) is 25.7 Å². The molecule has 32 heavy (non-hydrogen) atoms. The normalized spacial score (nSPS) is 26.5. The number of likely N-dealkylation sites (tertiary alicyclic amines) is 1. The molecule has 2 aromatic rings. The molecule has 5 rings (SSSR count). The van der Waals surface area contributed by atoms with E-state index in [1.54, 1.807) is 24.5 Å². The van der Waals surface area contributed by atoms with Crippen LogP contribution in [0.25, 0.3) is 0 Å². The molecule has 1 atom stereocenters. The van der Waals surface area contributed by atoms with E-state index in [9.17, 15) is 9.59 Å². The Morgan fingerprint density at radius 2 is 2.00 bits per heavy atom. The molecule has 1 aliphatic carbocycles. The Balaban J connectivity index is 1.30. The Labute approximate surface area is 189 Å². The van der Waals surface area contributed by atoms with Gasteiger partial charge in [0.2, 0.25) is 0 Å². The van der Waals surface area contributed by atoms with E-state index in [0.29, 0.717) is 24.7 Å². The highest BCUT2D eigenvalue weighted by atomic mass is 16.2. The number of carbonyl (C=O) groups is 1. The standard InChI is InChI=1S/C25H33N5O2/c1-17-6-8-20(9-7-17)29-13-10-22-21(16-29)24(31)28-23(27-22)19-5-3-12-30(15-19)25(32)18-4-2-11-26-14-18/h2,4,11,14,17,19-20H,3,5-10,12-13,15-16H2,1H3,(H,27,28,31). The van der Waals surface area contributed by atoms with E-state index in [2.05, 4.69) is 21.8 Å². The van der Waals surface area contributed by atoms with E-state index >= 15 is 0 Å². The maximum Gasteiger partial charge on any atom is 0.255 e. The van der Waals surface area contributed by atoms with Crippen molar-refractivity contribution in [2.75, 3.05) is 19.6 Å². The maximum atomic E-state index is 13.0. The number of aromatic amines is 1. The van der Waals surface area contributed by atoms with Crippen molar-refractivity contribution >= 4 is 5.91 Å². The monoisotopic (exact) mass is 435 g/mol. The fraction of sp³-hybridized carbons (Fsp3) is 0.600. The smallest absolute Gasteiger partial charge is 0.255 e. The van der Waals surface area contributed by atoms with Crippen molar-refractivity contribution in [3.05, 3.63) is 57.5 Å². The first-order valence-electron chi connectivity index (χ1n) is 12.1. The first-order valence-corrected chi connectivity index (χ1v) is 12.1. The number of pyridine rings is 1. The maximum absolute atomic E-state index is 13.0. The zero-order valence-electron chi connectivity index (χ0n) is 18.9. The third-order valence-corrected chi connectivity index (χ3v) is 7.62. The summed E-state index contributed by atoms with van der Waals surface area (Å²) in [6, 6.07) is 4.19. The third kappa shape index (κ3) is 4.35. The summed E-state index contributed by atoms with van der Waals surface area (Å²) >= 11 is 0. The van der Waals surface area contributed by atoms with Gasteiger partial charge in [-0.25, -0.2) is 4.98 Å². The van der Waals surface area contributed by atoms with Crippen molar-refractivity contribution in [1.82, 2.24) is 24.8 Å². The molecule has 3 aliphatic rings. The van der Waals surface area contributed by atoms with Crippen molar-refractivity contribution < 1.29 is 4.79 Å². The topological polar surface area (TPSA) is 82.2 Å². The van der Waals surface area contributed by atoms with Gasteiger partial charge in [0.05, 0.1) is 16.8 Å². The van der Waals surface area contributed by atoms with Gasteiger partial charge in [-0.05, 0) is 56.6 Å². The third-order valence-electron chi connectivity index (χ3n) is 7.62. The van der Waals surface area contributed by atoms with Gasteiger partial charge in [0.25, 0.3) is 11.5 Å². The number of nitrogens with one attached hydrogen (secondary N) is 1. The van der Waals surface area contributed by atoms with Crippen LogP contribution in [0, 0.1) is 5.92 Å². The average molecular weight is 436 g/mol. The van der Waals surface area contributed by atoms with Gasteiger partial charge in [-0.3, -0.25) is 19.5 Å². The molecule has 2 fully saturated rings. The molecule has 7 heteroatoms. The first kappa shape index (κ1) is 21.3. The summed E-state index contributed by atoms with van der Waals surface area (Å²) in [5, 5.41) is 0. The molecule has 0 radical (unpaired) electrons. The summed E-state index contributed by atoms with van der Waals surface area (Å²) in [6.45, 7) is 5.36. The summed E-state index contributed by atoms with van der Waals surface area (Å²) in [5.74, 6) is 1.65. The lowest BCUT2D eigenvalue weighted by Gasteiger charge is -2.38. The van der Waals surface area contributed by atoms with Crippen LogP contribution in [0.1, 0.15) is 78.8 Å². The minimum atomic E-state index is 0.000508. The number of H-pyrrole nitrogens is 1. The van der Waals surface area contributed by atoms with Crippen LogP contribution >= 0.6 is 0 Å². The summed E-state index contributed by atoms with van der Waals surface area (Å²) in [4.78, 5) is 42.4. The van der Waals surface area contributed by atoms with Gasteiger partial charge in [0, 0.05) is 57.0 Å². The molecular weight excluding hydrogens is 402 g/mol. The molecule has 2 aliphatic heterocycles. The molecule has 1 saturated carbocycles. The van der Waals surface area contributed by atoms with E-state index in [-0.39, 0.29) is 17.4 Å². The molecule has 0 aromatic carbocycles. The van der Waals surface area contributed by atoms with Crippen molar-refractivity contribution in [3.63, 3.8) is 0 Å². The van der Waals surface area contributed by atoms with Crippen LogP contribution < -0.4 is 5.56 Å². The molecule has 170 valence electrons. The zero-order valence-corrected chi connectivity index (χ0v) is 18.9. The van der Waals surface area contributed by atoms with Gasteiger partial charge in [-0.15, -0.1) is 0 Å². The highest BCUT2D eigenvalue weighted by Crippen LogP contribution is 2.30. The number of rotatable bonds is 3. The Bertz CT molecular complexity index is 1010. The number of nitrogens with zero attached hydrogens (tertiary/aromatic N) is 4. The number of carbonyl (C=O) groups excluding carboxylic acids is 1. The van der Waals surface area contributed by atoms with Crippen LogP contribution in [0.15, 0.2) is 29.3 Å². The molecule has 0 spiro atoms. The van der Waals surface area contributed by atoms with Gasteiger partial charge < -0.3 is 9.88 Å². The molecule has 7 nitrogen and oxygen atoms in total. The molecule has 2 aromatic heterocycles. The average Bonchev–Trinajstić information content (AvgIpc) is 2.84. The molecule has 1 saturated heterocycles. The Hall–Kier alpha value is -2.54. The van der Waals surface area contributed by atoms with Crippen LogP contribution in [0.3, 0.4) is 0 Å². The minimum absolute atomic E-state index is 0.000508. The molecule has 0 bridgehead atoms. The fourth-order valence-corrected chi connectivity index (χ4v) is 5.63. The molecular formula is C25H33N5O2. The Kier molecular flexibility index (Phi) is 6.09. The molecule has 4 heterocycles. The summed E-state index contributed by atoms with van der Waals surface area (Å²) in [5.41, 5.74) is 2.42. The van der Waals surface area contributed by atoms with Gasteiger partial charge in [0.1, 0.15) is 5.82 Å². The Morgan fingerprint density at radius 3 is 2.78 bits per heavy atom. The molecule has 1 N–H and O–H groups in total. The summed E-state index contributed by atoms with van der Waals surface area (Å²) in [7, 11) is 0. The second-order valence-electron chi connectivity index (χ2n) is 9.84. The molecule has 1 unspecified atom stereocenters. The molecule has 1 amide bonds. The van der Waals surface area contributed by atoms with Crippen molar-refractivity contribution in [3.8, 4) is 0 Å². The van der Waals surface area contributed by atoms with Crippen LogP contribution in [0.4, 0.5) is 0 Å². The lowest BCUT2D eigenvalue weighted by atomic mass is 9.86.